The van der Waals surface area contributed by atoms with Crippen molar-refractivity contribution in [2.75, 3.05) is 0 Å². The number of rotatable bonds is 0. The van der Waals surface area contributed by atoms with Crippen molar-refractivity contribution in [3.8, 4) is 16.8 Å². The number of aromatic nitrogens is 1. The van der Waals surface area contributed by atoms with Crippen LogP contribution in [-0.2, 0) is 15.3 Å². The van der Waals surface area contributed by atoms with Gasteiger partial charge in [0.15, 0.2) is 0 Å². The molecule has 33 heavy (non-hydrogen) atoms. The van der Waals surface area contributed by atoms with Crippen LogP contribution in [-0.4, -0.2) is 13.0 Å². The van der Waals surface area contributed by atoms with E-state index < -0.39 is 9.84 Å². The Labute approximate surface area is 194 Å². The molecular weight excluding hydrogens is 426 g/mol. The molecule has 0 bridgehead atoms. The predicted octanol–water partition coefficient (Wildman–Crippen LogP) is 7.26. The highest BCUT2D eigenvalue weighted by atomic mass is 32.2. The minimum Gasteiger partial charge on any atom is -0.307 e. The largest absolute Gasteiger partial charge is 0.307 e. The number of nitrogens with zero attached hydrogens (tertiary/aromatic N) is 1. The molecule has 5 aromatic rings. The lowest BCUT2D eigenvalue weighted by atomic mass is 9.80. The van der Waals surface area contributed by atoms with Crippen molar-refractivity contribution in [3.63, 3.8) is 0 Å². The maximum Gasteiger partial charge on any atom is 0.210 e. The smallest absolute Gasteiger partial charge is 0.210 e. The van der Waals surface area contributed by atoms with E-state index in [2.05, 4.69) is 60.9 Å². The van der Waals surface area contributed by atoms with E-state index in [0.29, 0.717) is 9.79 Å². The van der Waals surface area contributed by atoms with Gasteiger partial charge in [0.05, 0.1) is 26.5 Å². The second kappa shape index (κ2) is 6.58. The standard InChI is InChI=1S/C27H19NO2S.C2H6/c1-27(2)19-10-4-3-8-16(19)17-14-15-21-24(25(17)27)18-9-7-13-23-26(18)28(21)20-11-5-6-12-22(20)31(23,29)30;1-2/h3-15H,1-2H3;1-2H3. The van der Waals surface area contributed by atoms with E-state index in [-0.39, 0.29) is 5.41 Å². The van der Waals surface area contributed by atoms with Crippen molar-refractivity contribution in [1.29, 1.82) is 0 Å². The van der Waals surface area contributed by atoms with Crippen molar-refractivity contribution in [3.05, 3.63) is 90.0 Å². The minimum atomic E-state index is -3.57. The van der Waals surface area contributed by atoms with Gasteiger partial charge in [-0.2, -0.15) is 0 Å². The summed E-state index contributed by atoms with van der Waals surface area (Å²) < 4.78 is 29.1. The zero-order chi connectivity index (χ0) is 23.1. The Balaban J connectivity index is 0.00000101. The molecule has 4 aromatic carbocycles. The molecule has 2 heterocycles. The number of fused-ring (bicyclic) bond motifs is 9. The quantitative estimate of drug-likeness (QED) is 0.244. The monoisotopic (exact) mass is 451 g/mol. The first-order valence-corrected chi connectivity index (χ1v) is 13.0. The molecule has 1 aliphatic carbocycles. The summed E-state index contributed by atoms with van der Waals surface area (Å²) in [6, 6.07) is 26.0. The fraction of sp³-hybridized carbons (Fsp3) is 0.172. The molecule has 2 aliphatic rings. The number of sulfone groups is 1. The molecule has 4 heteroatoms. The van der Waals surface area contributed by atoms with Crippen LogP contribution in [0.25, 0.3) is 38.6 Å². The molecule has 1 aromatic heterocycles. The van der Waals surface area contributed by atoms with E-state index in [4.69, 9.17) is 0 Å². The van der Waals surface area contributed by atoms with Crippen molar-refractivity contribution in [2.45, 2.75) is 42.9 Å². The third-order valence-electron chi connectivity index (χ3n) is 7.12. The molecule has 3 nitrogen and oxygen atoms in total. The Bertz CT molecular complexity index is 1720. The first kappa shape index (κ1) is 20.3. The van der Waals surface area contributed by atoms with Gasteiger partial charge in [0.1, 0.15) is 0 Å². The first-order valence-electron chi connectivity index (χ1n) is 11.5. The topological polar surface area (TPSA) is 39.1 Å². The molecule has 0 amide bonds. The van der Waals surface area contributed by atoms with Crippen molar-refractivity contribution in [2.24, 2.45) is 0 Å². The van der Waals surface area contributed by atoms with E-state index >= 15 is 0 Å². The number of hydrogen-bond donors (Lipinski definition) is 0. The molecule has 0 N–H and O–H groups in total. The Hall–Kier alpha value is -3.37. The van der Waals surface area contributed by atoms with Gasteiger partial charge < -0.3 is 4.57 Å². The van der Waals surface area contributed by atoms with Gasteiger partial charge >= 0.3 is 0 Å². The molecule has 0 fully saturated rings. The summed E-state index contributed by atoms with van der Waals surface area (Å²) >= 11 is 0. The summed E-state index contributed by atoms with van der Waals surface area (Å²) in [7, 11) is -3.57. The highest BCUT2D eigenvalue weighted by Crippen LogP contribution is 2.54. The van der Waals surface area contributed by atoms with Crippen molar-refractivity contribution in [1.82, 2.24) is 4.57 Å². The van der Waals surface area contributed by atoms with E-state index in [1.807, 2.05) is 32.0 Å². The van der Waals surface area contributed by atoms with E-state index in [1.54, 1.807) is 18.2 Å². The SMILES string of the molecule is CC.CC1(C)c2ccccc2-c2ccc3c(c21)c1cccc2c1n3-c1ccccc1S2(=O)=O. The summed E-state index contributed by atoms with van der Waals surface area (Å²) in [5.41, 5.74) is 7.52. The second-order valence-electron chi connectivity index (χ2n) is 9.01. The number of hydrogen-bond acceptors (Lipinski definition) is 2. The highest BCUT2D eigenvalue weighted by Gasteiger charge is 2.40. The van der Waals surface area contributed by atoms with Gasteiger partial charge in [-0.3, -0.25) is 0 Å². The molecule has 0 saturated heterocycles. The van der Waals surface area contributed by atoms with E-state index in [0.717, 1.165) is 27.5 Å². The van der Waals surface area contributed by atoms with Gasteiger partial charge in [-0.25, -0.2) is 8.42 Å². The van der Waals surface area contributed by atoms with Crippen LogP contribution in [0.15, 0.2) is 88.7 Å². The van der Waals surface area contributed by atoms with Crippen LogP contribution in [0.2, 0.25) is 0 Å². The van der Waals surface area contributed by atoms with Crippen LogP contribution < -0.4 is 0 Å². The van der Waals surface area contributed by atoms with Crippen LogP contribution in [0.5, 0.6) is 0 Å². The van der Waals surface area contributed by atoms with Crippen molar-refractivity contribution < 1.29 is 8.42 Å². The van der Waals surface area contributed by atoms with Crippen LogP contribution >= 0.6 is 0 Å². The lowest BCUT2D eigenvalue weighted by Gasteiger charge is -2.22. The zero-order valence-electron chi connectivity index (χ0n) is 19.2. The molecule has 1 aliphatic heterocycles. The van der Waals surface area contributed by atoms with Gasteiger partial charge in [-0.15, -0.1) is 0 Å². The summed E-state index contributed by atoms with van der Waals surface area (Å²) in [4.78, 5) is 0.762. The van der Waals surface area contributed by atoms with E-state index in [9.17, 15) is 8.42 Å². The summed E-state index contributed by atoms with van der Waals surface area (Å²) in [5, 5.41) is 2.16. The summed E-state index contributed by atoms with van der Waals surface area (Å²) in [6.07, 6.45) is 0. The summed E-state index contributed by atoms with van der Waals surface area (Å²) in [6.45, 7) is 8.54. The zero-order valence-corrected chi connectivity index (χ0v) is 20.0. The predicted molar refractivity (Wildman–Crippen MR) is 135 cm³/mol. The molecule has 0 saturated carbocycles. The maximum atomic E-state index is 13.5. The molecule has 0 radical (unpaired) electrons. The van der Waals surface area contributed by atoms with Gasteiger partial charge in [0, 0.05) is 16.2 Å². The molecular formula is C29H25NO2S. The van der Waals surface area contributed by atoms with Gasteiger partial charge in [-0.1, -0.05) is 82.3 Å². The molecule has 7 rings (SSSR count). The van der Waals surface area contributed by atoms with Crippen LogP contribution in [0.1, 0.15) is 38.8 Å². The van der Waals surface area contributed by atoms with Gasteiger partial charge in [0.25, 0.3) is 0 Å². The Morgan fingerprint density at radius 1 is 0.727 bits per heavy atom. The van der Waals surface area contributed by atoms with Crippen LogP contribution in [0.4, 0.5) is 0 Å². The fourth-order valence-corrected chi connectivity index (χ4v) is 7.49. The van der Waals surface area contributed by atoms with Crippen molar-refractivity contribution >= 4 is 31.6 Å². The number of para-hydroxylation sites is 2. The lowest BCUT2D eigenvalue weighted by molar-refractivity contribution is 0.595. The normalized spacial score (nSPS) is 16.0. The third-order valence-corrected chi connectivity index (χ3v) is 8.95. The Morgan fingerprint density at radius 3 is 2.24 bits per heavy atom. The molecule has 0 spiro atoms. The first-order chi connectivity index (χ1) is 15.9. The maximum absolute atomic E-state index is 13.5. The average molecular weight is 452 g/mol. The second-order valence-corrected chi connectivity index (χ2v) is 10.9. The van der Waals surface area contributed by atoms with Gasteiger partial charge in [-0.05, 0) is 46.5 Å². The lowest BCUT2D eigenvalue weighted by Crippen LogP contribution is -2.15. The molecule has 0 unspecified atom stereocenters. The van der Waals surface area contributed by atoms with E-state index in [1.165, 1.54) is 22.3 Å². The minimum absolute atomic E-state index is 0.174. The van der Waals surface area contributed by atoms with Crippen LogP contribution in [0.3, 0.4) is 0 Å². The van der Waals surface area contributed by atoms with Gasteiger partial charge in [0.2, 0.25) is 9.84 Å². The Kier molecular flexibility index (Phi) is 4.04. The summed E-state index contributed by atoms with van der Waals surface area (Å²) in [5.74, 6) is 0. The third kappa shape index (κ3) is 2.32. The average Bonchev–Trinajstić information content (AvgIpc) is 3.29. The number of benzene rings is 4. The van der Waals surface area contributed by atoms with Crippen LogP contribution in [0, 0.1) is 0 Å². The molecule has 164 valence electrons. The highest BCUT2D eigenvalue weighted by molar-refractivity contribution is 7.92. The Morgan fingerprint density at radius 2 is 1.42 bits per heavy atom. The fourth-order valence-electron chi connectivity index (χ4n) is 5.85. The molecule has 0 atom stereocenters.